The molecular formula is C15H14N4O3S2. The lowest BCUT2D eigenvalue weighted by atomic mass is 10.2. The number of carbonyl (C=O) groups is 1. The molecule has 0 unspecified atom stereocenters. The number of carbonyl (C=O) groups excluding carboxylic acids is 1. The zero-order chi connectivity index (χ0) is 17.2. The van der Waals surface area contributed by atoms with Crippen molar-refractivity contribution in [1.82, 2.24) is 14.9 Å². The maximum absolute atomic E-state index is 12.2. The van der Waals surface area contributed by atoms with Crippen LogP contribution in [-0.4, -0.2) is 31.1 Å². The Labute approximate surface area is 143 Å². The number of terminal acetylenes is 1. The smallest absolute Gasteiger partial charge is 0.257 e. The van der Waals surface area contributed by atoms with Gasteiger partial charge in [0.15, 0.2) is 0 Å². The first-order chi connectivity index (χ1) is 11.5. The zero-order valence-electron chi connectivity index (χ0n) is 12.5. The third kappa shape index (κ3) is 3.79. The summed E-state index contributed by atoms with van der Waals surface area (Å²) < 4.78 is 26.1. The van der Waals surface area contributed by atoms with E-state index in [-0.39, 0.29) is 17.3 Å². The molecule has 1 aliphatic carbocycles. The number of amides is 1. The lowest BCUT2D eigenvalue weighted by Crippen LogP contribution is -2.24. The topological polar surface area (TPSA) is 101 Å². The van der Waals surface area contributed by atoms with E-state index in [4.69, 9.17) is 6.42 Å². The molecule has 9 heteroatoms. The second-order valence-electron chi connectivity index (χ2n) is 5.23. The summed E-state index contributed by atoms with van der Waals surface area (Å²) in [7, 11) is -3.67. The highest BCUT2D eigenvalue weighted by atomic mass is 32.2. The quantitative estimate of drug-likeness (QED) is 0.760. The SMILES string of the molecule is C#CCNS(=O)(=O)c1ccc(C(=O)Nc2nnc(C3CC3)s2)cc1. The van der Waals surface area contributed by atoms with Crippen LogP contribution in [0.5, 0.6) is 0 Å². The maximum atomic E-state index is 12.2. The van der Waals surface area contributed by atoms with E-state index >= 15 is 0 Å². The number of sulfonamides is 1. The van der Waals surface area contributed by atoms with E-state index in [1.807, 2.05) is 0 Å². The molecule has 1 fully saturated rings. The molecular weight excluding hydrogens is 348 g/mol. The van der Waals surface area contributed by atoms with Crippen LogP contribution in [0.15, 0.2) is 29.2 Å². The molecule has 1 aromatic heterocycles. The second-order valence-corrected chi connectivity index (χ2v) is 8.00. The maximum Gasteiger partial charge on any atom is 0.257 e. The number of benzene rings is 1. The van der Waals surface area contributed by atoms with Crippen LogP contribution in [0, 0.1) is 12.3 Å². The Morgan fingerprint density at radius 1 is 1.29 bits per heavy atom. The minimum absolute atomic E-state index is 0.0428. The number of hydrogen-bond donors (Lipinski definition) is 2. The minimum atomic E-state index is -3.67. The van der Waals surface area contributed by atoms with Crippen molar-refractivity contribution in [3.8, 4) is 12.3 Å². The molecule has 1 amide bonds. The Morgan fingerprint density at radius 2 is 2.00 bits per heavy atom. The molecule has 24 heavy (non-hydrogen) atoms. The molecule has 124 valence electrons. The summed E-state index contributed by atoms with van der Waals surface area (Å²) in [4.78, 5) is 12.2. The molecule has 1 heterocycles. The Hall–Kier alpha value is -2.28. The van der Waals surface area contributed by atoms with Crippen molar-refractivity contribution in [2.75, 3.05) is 11.9 Å². The first kappa shape index (κ1) is 16.6. The van der Waals surface area contributed by atoms with Gasteiger partial charge in [0.25, 0.3) is 5.91 Å². The number of nitrogens with one attached hydrogen (secondary N) is 2. The van der Waals surface area contributed by atoms with E-state index in [2.05, 4.69) is 26.2 Å². The van der Waals surface area contributed by atoms with Crippen molar-refractivity contribution in [3.05, 3.63) is 34.8 Å². The van der Waals surface area contributed by atoms with Crippen LogP contribution >= 0.6 is 11.3 Å². The molecule has 0 atom stereocenters. The Bertz CT molecular complexity index is 894. The summed E-state index contributed by atoms with van der Waals surface area (Å²) in [5.74, 6) is 2.31. The Morgan fingerprint density at radius 3 is 2.62 bits per heavy atom. The summed E-state index contributed by atoms with van der Waals surface area (Å²) >= 11 is 1.36. The molecule has 7 nitrogen and oxygen atoms in total. The fourth-order valence-corrected chi connectivity index (χ4v) is 3.80. The van der Waals surface area contributed by atoms with Crippen LogP contribution in [0.25, 0.3) is 0 Å². The highest BCUT2D eigenvalue weighted by Crippen LogP contribution is 2.42. The van der Waals surface area contributed by atoms with Crippen molar-refractivity contribution < 1.29 is 13.2 Å². The van der Waals surface area contributed by atoms with Gasteiger partial charge < -0.3 is 0 Å². The summed E-state index contributed by atoms with van der Waals surface area (Å²) in [5.41, 5.74) is 0.328. The summed E-state index contributed by atoms with van der Waals surface area (Å²) in [6, 6.07) is 5.57. The minimum Gasteiger partial charge on any atom is -0.296 e. The van der Waals surface area contributed by atoms with Gasteiger partial charge in [-0.1, -0.05) is 17.3 Å². The summed E-state index contributed by atoms with van der Waals surface area (Å²) in [5, 5.41) is 12.0. The van der Waals surface area contributed by atoms with Crippen LogP contribution in [0.3, 0.4) is 0 Å². The molecule has 2 aromatic rings. The number of rotatable bonds is 6. The van der Waals surface area contributed by atoms with E-state index < -0.39 is 10.0 Å². The molecule has 0 aliphatic heterocycles. The van der Waals surface area contributed by atoms with Crippen molar-refractivity contribution in [3.63, 3.8) is 0 Å². The Balaban J connectivity index is 1.68. The van der Waals surface area contributed by atoms with Gasteiger partial charge >= 0.3 is 0 Å². The van der Waals surface area contributed by atoms with E-state index in [9.17, 15) is 13.2 Å². The lowest BCUT2D eigenvalue weighted by molar-refractivity contribution is 0.102. The third-order valence-electron chi connectivity index (χ3n) is 3.38. The van der Waals surface area contributed by atoms with E-state index in [1.54, 1.807) is 0 Å². The molecule has 1 aromatic carbocycles. The first-order valence-electron chi connectivity index (χ1n) is 7.17. The number of hydrogen-bond acceptors (Lipinski definition) is 6. The first-order valence-corrected chi connectivity index (χ1v) is 9.47. The second kappa shape index (κ2) is 6.68. The fraction of sp³-hybridized carbons (Fsp3) is 0.267. The van der Waals surface area contributed by atoms with Gasteiger partial charge in [0.05, 0.1) is 11.4 Å². The van der Waals surface area contributed by atoms with Crippen molar-refractivity contribution in [2.24, 2.45) is 0 Å². The molecule has 0 radical (unpaired) electrons. The van der Waals surface area contributed by atoms with Gasteiger partial charge in [0, 0.05) is 11.5 Å². The van der Waals surface area contributed by atoms with Crippen LogP contribution in [0.4, 0.5) is 5.13 Å². The normalized spacial score (nSPS) is 14.1. The van der Waals surface area contributed by atoms with Gasteiger partial charge in [-0.05, 0) is 37.1 Å². The van der Waals surface area contributed by atoms with Gasteiger partial charge in [-0.15, -0.1) is 16.6 Å². The molecule has 1 saturated carbocycles. The van der Waals surface area contributed by atoms with Crippen LogP contribution in [-0.2, 0) is 10.0 Å². The highest BCUT2D eigenvalue weighted by molar-refractivity contribution is 7.89. The molecule has 2 N–H and O–H groups in total. The molecule has 1 aliphatic rings. The van der Waals surface area contributed by atoms with E-state index in [0.29, 0.717) is 16.6 Å². The van der Waals surface area contributed by atoms with Gasteiger partial charge in [0.2, 0.25) is 15.2 Å². The van der Waals surface area contributed by atoms with Gasteiger partial charge in [-0.25, -0.2) is 8.42 Å². The van der Waals surface area contributed by atoms with Gasteiger partial charge in [-0.2, -0.15) is 4.72 Å². The predicted molar refractivity (Wildman–Crippen MR) is 90.3 cm³/mol. The number of nitrogens with zero attached hydrogens (tertiary/aromatic N) is 2. The molecule has 0 bridgehead atoms. The van der Waals surface area contributed by atoms with Crippen LogP contribution in [0.2, 0.25) is 0 Å². The molecule has 0 saturated heterocycles. The molecule has 0 spiro atoms. The number of anilines is 1. The fourth-order valence-electron chi connectivity index (χ4n) is 1.96. The van der Waals surface area contributed by atoms with Crippen molar-refractivity contribution >= 4 is 32.4 Å². The van der Waals surface area contributed by atoms with Crippen LogP contribution in [0.1, 0.15) is 34.1 Å². The van der Waals surface area contributed by atoms with Crippen molar-refractivity contribution in [1.29, 1.82) is 0 Å². The highest BCUT2D eigenvalue weighted by Gasteiger charge is 2.27. The lowest BCUT2D eigenvalue weighted by Gasteiger charge is -2.05. The summed E-state index contributed by atoms with van der Waals surface area (Å²) in [6.07, 6.45) is 7.27. The summed E-state index contributed by atoms with van der Waals surface area (Å²) in [6.45, 7) is -0.0923. The predicted octanol–water partition coefficient (Wildman–Crippen LogP) is 1.58. The van der Waals surface area contributed by atoms with E-state index in [1.165, 1.54) is 35.6 Å². The van der Waals surface area contributed by atoms with Crippen molar-refractivity contribution in [2.45, 2.75) is 23.7 Å². The van der Waals surface area contributed by atoms with Gasteiger partial charge in [0.1, 0.15) is 5.01 Å². The standard InChI is InChI=1S/C15H14N4O3S2/c1-2-9-16-24(21,22)12-7-5-10(6-8-12)13(20)17-15-19-18-14(23-15)11-3-4-11/h1,5-8,11,16H,3-4,9H2,(H,17,19,20). The van der Waals surface area contributed by atoms with E-state index in [0.717, 1.165) is 17.8 Å². The molecule has 3 rings (SSSR count). The zero-order valence-corrected chi connectivity index (χ0v) is 14.2. The average molecular weight is 362 g/mol. The monoisotopic (exact) mass is 362 g/mol. The van der Waals surface area contributed by atoms with Crippen LogP contribution < -0.4 is 10.0 Å². The number of aromatic nitrogens is 2. The average Bonchev–Trinajstić information content (AvgIpc) is 3.33. The third-order valence-corrected chi connectivity index (χ3v) is 5.80. The largest absolute Gasteiger partial charge is 0.296 e. The Kier molecular flexibility index (Phi) is 4.62. The van der Waals surface area contributed by atoms with Gasteiger partial charge in [-0.3, -0.25) is 10.1 Å².